The third kappa shape index (κ3) is 7.05. The molecule has 5 heterocycles. The Kier molecular flexibility index (Phi) is 8.35. The Morgan fingerprint density at radius 1 is 0.959 bits per heavy atom. The number of piperidine rings is 1. The highest BCUT2D eigenvalue weighted by atomic mass is 19.1. The summed E-state index contributed by atoms with van der Waals surface area (Å²) in [6.45, 7) is 9.66. The van der Waals surface area contributed by atoms with Gasteiger partial charge in [-0.3, -0.25) is 4.90 Å². The molecule has 3 aliphatic rings. The van der Waals surface area contributed by atoms with Gasteiger partial charge in [0.25, 0.3) is 0 Å². The molecule has 2 aromatic carbocycles. The minimum atomic E-state index is -0.569. The second kappa shape index (κ2) is 12.8. The molecule has 0 spiro atoms. The van der Waals surface area contributed by atoms with Crippen molar-refractivity contribution in [2.24, 2.45) is 0 Å². The molecule has 11 heteroatoms. The van der Waals surface area contributed by atoms with Gasteiger partial charge in [0.15, 0.2) is 11.5 Å². The van der Waals surface area contributed by atoms with Gasteiger partial charge in [-0.25, -0.2) is 24.1 Å². The molecule has 1 saturated carbocycles. The predicted octanol–water partition coefficient (Wildman–Crippen LogP) is 7.29. The number of esters is 1. The maximum absolute atomic E-state index is 14.9. The van der Waals surface area contributed by atoms with Crippen LogP contribution in [0.4, 0.5) is 4.39 Å². The Morgan fingerprint density at radius 3 is 2.51 bits per heavy atom. The Labute approximate surface area is 284 Å². The number of benzene rings is 2. The van der Waals surface area contributed by atoms with Gasteiger partial charge in [0, 0.05) is 41.8 Å². The number of fused-ring (bicyclic) bond motifs is 2. The lowest BCUT2D eigenvalue weighted by atomic mass is 9.93. The van der Waals surface area contributed by atoms with Crippen molar-refractivity contribution in [2.45, 2.75) is 96.1 Å². The molecule has 8 rings (SSSR count). The number of hydrogen-bond donors (Lipinski definition) is 0. The first-order valence-corrected chi connectivity index (χ1v) is 17.4. The van der Waals surface area contributed by atoms with Gasteiger partial charge < -0.3 is 23.2 Å². The fourth-order valence-corrected chi connectivity index (χ4v) is 6.69. The van der Waals surface area contributed by atoms with Crippen LogP contribution in [0, 0.1) is 5.82 Å². The molecule has 1 atom stereocenters. The lowest BCUT2D eigenvalue weighted by Gasteiger charge is -2.32. The number of hydrogen-bond acceptors (Lipinski definition) is 9. The largest absolute Gasteiger partial charge is 0.473 e. The maximum Gasteiger partial charge on any atom is 0.338 e. The molecule has 1 aliphatic carbocycles. The molecular formula is C38H42FN5O5. The van der Waals surface area contributed by atoms with Crippen molar-refractivity contribution >= 4 is 28.1 Å². The summed E-state index contributed by atoms with van der Waals surface area (Å²) in [5.41, 5.74) is 4.28. The molecular weight excluding hydrogens is 625 g/mol. The number of carbonyl (C=O) groups excluding carboxylic acids is 1. The Morgan fingerprint density at radius 2 is 1.78 bits per heavy atom. The lowest BCUT2D eigenvalue weighted by molar-refractivity contribution is -0.0592. The second-order valence-electron chi connectivity index (χ2n) is 14.6. The fraction of sp³-hybridized carbons (Fsp3) is 0.474. The zero-order chi connectivity index (χ0) is 33.7. The Bertz CT molecular complexity index is 2000. The van der Waals surface area contributed by atoms with E-state index >= 15 is 0 Å². The zero-order valence-corrected chi connectivity index (χ0v) is 28.3. The van der Waals surface area contributed by atoms with Crippen LogP contribution in [0.1, 0.15) is 98.0 Å². The minimum Gasteiger partial charge on any atom is -0.473 e. The zero-order valence-electron chi connectivity index (χ0n) is 28.3. The second-order valence-corrected chi connectivity index (χ2v) is 14.6. The van der Waals surface area contributed by atoms with E-state index in [4.69, 9.17) is 28.6 Å². The third-order valence-corrected chi connectivity index (χ3v) is 9.63. The number of imidazole rings is 1. The van der Waals surface area contributed by atoms with E-state index in [1.54, 1.807) is 12.1 Å². The Hall–Kier alpha value is -4.35. The summed E-state index contributed by atoms with van der Waals surface area (Å²) in [6.07, 6.45) is 5.21. The van der Waals surface area contributed by atoms with Gasteiger partial charge in [-0.15, -0.1) is 0 Å². The van der Waals surface area contributed by atoms with E-state index in [-0.39, 0.29) is 24.5 Å². The lowest BCUT2D eigenvalue weighted by Crippen LogP contribution is -2.35. The van der Waals surface area contributed by atoms with Crippen molar-refractivity contribution < 1.29 is 27.8 Å². The number of nitrogens with zero attached hydrogens (tertiary/aromatic N) is 5. The maximum atomic E-state index is 14.9. The van der Waals surface area contributed by atoms with E-state index in [1.165, 1.54) is 6.07 Å². The SMILES string of the molecule is CC(C)(C)OC(=O)c1ccc2nc(CN3CCC(c4cccc(OCc5cc6oc(C7CC7)nc6cc5F)n4)CC3)n(C[C@@H]3CCO3)c2c1. The topological polar surface area (TPSA) is 105 Å². The summed E-state index contributed by atoms with van der Waals surface area (Å²) in [5.74, 6) is 2.11. The number of ether oxygens (including phenoxy) is 3. The van der Waals surface area contributed by atoms with E-state index in [9.17, 15) is 9.18 Å². The van der Waals surface area contributed by atoms with Crippen LogP contribution in [0.3, 0.4) is 0 Å². The standard InChI is InChI=1S/C38H42FN5O5/c1-38(2,3)49-37(45)25-9-10-30-32(17-25)44(20-27-13-16-46-27)34(40-30)21-43-14-11-23(12-15-43)29-5-4-6-35(41-29)47-22-26-18-33-31(19-28(26)39)42-36(48-33)24-7-8-24/h4-6,9-10,17-19,23-24,27H,7-8,11-16,20-22H2,1-3H3/t27-/m0/s1. The molecule has 3 fully saturated rings. The quantitative estimate of drug-likeness (QED) is 0.142. The van der Waals surface area contributed by atoms with Crippen LogP contribution in [-0.4, -0.2) is 61.8 Å². The van der Waals surface area contributed by atoms with Gasteiger partial charge in [-0.05, 0) is 96.3 Å². The number of carbonyl (C=O) groups is 1. The predicted molar refractivity (Wildman–Crippen MR) is 181 cm³/mol. The first kappa shape index (κ1) is 31.9. The molecule has 5 aromatic rings. The smallest absolute Gasteiger partial charge is 0.338 e. The number of likely N-dealkylation sites (tertiary alicyclic amines) is 1. The monoisotopic (exact) mass is 667 g/mol. The summed E-state index contributed by atoms with van der Waals surface area (Å²) < 4.78 is 40.4. The van der Waals surface area contributed by atoms with E-state index < -0.39 is 5.60 Å². The summed E-state index contributed by atoms with van der Waals surface area (Å²) >= 11 is 0. The number of aromatic nitrogens is 4. The first-order valence-electron chi connectivity index (χ1n) is 17.4. The van der Waals surface area contributed by atoms with Gasteiger partial charge in [0.1, 0.15) is 29.4 Å². The normalized spacial score (nSPS) is 19.0. The van der Waals surface area contributed by atoms with Gasteiger partial charge in [0.2, 0.25) is 5.88 Å². The molecule has 2 aliphatic heterocycles. The van der Waals surface area contributed by atoms with Gasteiger partial charge in [0.05, 0.1) is 35.8 Å². The van der Waals surface area contributed by atoms with Crippen LogP contribution in [-0.2, 0) is 29.2 Å². The van der Waals surface area contributed by atoms with Crippen LogP contribution >= 0.6 is 0 Å². The van der Waals surface area contributed by atoms with Crippen molar-refractivity contribution in [3.8, 4) is 5.88 Å². The average molecular weight is 668 g/mol. The number of pyridine rings is 1. The van der Waals surface area contributed by atoms with Gasteiger partial charge in [-0.1, -0.05) is 6.07 Å². The molecule has 3 aromatic heterocycles. The van der Waals surface area contributed by atoms with Crippen molar-refractivity contribution in [3.05, 3.63) is 82.9 Å². The summed E-state index contributed by atoms with van der Waals surface area (Å²) in [4.78, 5) is 29.6. The number of rotatable bonds is 10. The van der Waals surface area contributed by atoms with Crippen molar-refractivity contribution in [1.29, 1.82) is 0 Å². The Balaban J connectivity index is 0.918. The minimum absolute atomic E-state index is 0.0578. The summed E-state index contributed by atoms with van der Waals surface area (Å²) in [5, 5.41) is 0. The van der Waals surface area contributed by atoms with Gasteiger partial charge >= 0.3 is 5.97 Å². The van der Waals surface area contributed by atoms with Crippen LogP contribution in [0.2, 0.25) is 0 Å². The molecule has 0 radical (unpaired) electrons. The summed E-state index contributed by atoms with van der Waals surface area (Å²) in [7, 11) is 0. The van der Waals surface area contributed by atoms with Crippen LogP contribution in [0.15, 0.2) is 52.9 Å². The van der Waals surface area contributed by atoms with Crippen molar-refractivity contribution in [3.63, 3.8) is 0 Å². The molecule has 10 nitrogen and oxygen atoms in total. The van der Waals surface area contributed by atoms with E-state index in [0.717, 1.165) is 74.4 Å². The molecule has 2 saturated heterocycles. The molecule has 0 N–H and O–H groups in total. The van der Waals surface area contributed by atoms with E-state index in [0.29, 0.717) is 58.9 Å². The van der Waals surface area contributed by atoms with Crippen LogP contribution in [0.25, 0.3) is 22.1 Å². The molecule has 0 bridgehead atoms. The molecule has 0 amide bonds. The van der Waals surface area contributed by atoms with Crippen molar-refractivity contribution in [2.75, 3.05) is 19.7 Å². The average Bonchev–Trinajstić information content (AvgIpc) is 3.74. The van der Waals surface area contributed by atoms with Crippen LogP contribution < -0.4 is 4.74 Å². The summed E-state index contributed by atoms with van der Waals surface area (Å²) in [6, 6.07) is 14.6. The van der Waals surface area contributed by atoms with Gasteiger partial charge in [-0.2, -0.15) is 0 Å². The van der Waals surface area contributed by atoms with Crippen molar-refractivity contribution in [1.82, 2.24) is 24.4 Å². The molecule has 0 unspecified atom stereocenters. The van der Waals surface area contributed by atoms with Crippen LogP contribution in [0.5, 0.6) is 5.88 Å². The number of oxazole rings is 1. The molecule has 256 valence electrons. The van der Waals surface area contributed by atoms with E-state index in [1.807, 2.05) is 51.1 Å². The number of halogens is 1. The highest BCUT2D eigenvalue weighted by Crippen LogP contribution is 2.41. The fourth-order valence-electron chi connectivity index (χ4n) is 6.69. The molecule has 49 heavy (non-hydrogen) atoms. The third-order valence-electron chi connectivity index (χ3n) is 9.63. The van der Waals surface area contributed by atoms with E-state index in [2.05, 4.69) is 14.5 Å². The first-order chi connectivity index (χ1) is 23.6. The highest BCUT2D eigenvalue weighted by Gasteiger charge is 2.30. The highest BCUT2D eigenvalue weighted by molar-refractivity contribution is 5.94.